The third-order valence-corrected chi connectivity index (χ3v) is 5.01. The van der Waals surface area contributed by atoms with E-state index in [1.54, 1.807) is 31.2 Å². The maximum absolute atomic E-state index is 11.7. The Bertz CT molecular complexity index is 1180. The smallest absolute Gasteiger partial charge is 0.411 e. The number of aryl methyl sites for hydroxylation is 2. The van der Waals surface area contributed by atoms with Gasteiger partial charge in [0.1, 0.15) is 0 Å². The van der Waals surface area contributed by atoms with Crippen LogP contribution >= 0.6 is 0 Å². The van der Waals surface area contributed by atoms with Gasteiger partial charge in [0.25, 0.3) is 11.5 Å². The molecule has 0 unspecified atom stereocenters. The van der Waals surface area contributed by atoms with E-state index in [4.69, 9.17) is 10.5 Å². The van der Waals surface area contributed by atoms with Gasteiger partial charge in [0.05, 0.1) is 18.8 Å². The Morgan fingerprint density at radius 3 is 2.47 bits per heavy atom. The number of hydrogen-bond acceptors (Lipinski definition) is 6. The first-order valence-electron chi connectivity index (χ1n) is 11.9. The van der Waals surface area contributed by atoms with Crippen LogP contribution in [0.2, 0.25) is 0 Å². The molecular weight excluding hydrogens is 458 g/mol. The number of aromatic nitrogens is 2. The molecule has 3 aromatic rings. The van der Waals surface area contributed by atoms with E-state index in [9.17, 15) is 14.4 Å². The average Bonchev–Trinajstić information content (AvgIpc) is 2.85. The molecule has 3 rings (SSSR count). The number of carbonyl (C=O) groups is 2. The zero-order valence-electron chi connectivity index (χ0n) is 21.1. The normalized spacial score (nSPS) is 10.1. The number of nitrogens with two attached hydrogens (primary N) is 1. The molecule has 0 aliphatic rings. The lowest BCUT2D eigenvalue weighted by molar-refractivity contribution is 0.0953. The summed E-state index contributed by atoms with van der Waals surface area (Å²) in [7, 11) is 0. The maximum atomic E-state index is 11.7. The lowest BCUT2D eigenvalue weighted by Crippen LogP contribution is -2.24. The molecule has 0 radical (unpaired) electrons. The quantitative estimate of drug-likeness (QED) is 0.391. The van der Waals surface area contributed by atoms with Crippen molar-refractivity contribution in [3.8, 4) is 0 Å². The molecule has 0 saturated heterocycles. The number of anilines is 1. The molecule has 2 amide bonds. The Kier molecular flexibility index (Phi) is 11.9. The summed E-state index contributed by atoms with van der Waals surface area (Å²) in [6.45, 7) is 7.61. The summed E-state index contributed by atoms with van der Waals surface area (Å²) in [5.41, 5.74) is 9.33. The standard InChI is InChI=1S/C15H17N3O3.C12H18N2O/c1-3-21-15(20)16-13-6-4-5-12(9-13)10-18-14(19)8-7-11(2)17-18;1-10-4-6-11(7-5-10)12(15)14-9-3-2-8-13/h4-9H,3,10H2,1-2H3,(H,16,20);4-7H,2-3,8-9,13H2,1H3,(H,14,15). The van der Waals surface area contributed by atoms with Crippen molar-refractivity contribution in [3.63, 3.8) is 0 Å². The first kappa shape index (κ1) is 28.3. The molecule has 0 bridgehead atoms. The highest BCUT2D eigenvalue weighted by Gasteiger charge is 2.05. The number of hydrogen-bond donors (Lipinski definition) is 3. The Morgan fingerprint density at radius 2 is 1.78 bits per heavy atom. The minimum atomic E-state index is -0.500. The van der Waals surface area contributed by atoms with E-state index in [-0.39, 0.29) is 11.5 Å². The van der Waals surface area contributed by atoms with Crippen LogP contribution < -0.4 is 21.9 Å². The average molecular weight is 494 g/mol. The third kappa shape index (κ3) is 10.1. The number of carbonyl (C=O) groups excluding carboxylic acids is 2. The van der Waals surface area contributed by atoms with Crippen LogP contribution in [0.5, 0.6) is 0 Å². The second kappa shape index (κ2) is 15.1. The van der Waals surface area contributed by atoms with Crippen LogP contribution in [0.4, 0.5) is 10.5 Å². The van der Waals surface area contributed by atoms with E-state index in [0.29, 0.717) is 37.5 Å². The van der Waals surface area contributed by atoms with Crippen LogP contribution in [0.1, 0.15) is 46.9 Å². The summed E-state index contributed by atoms with van der Waals surface area (Å²) >= 11 is 0. The minimum absolute atomic E-state index is 0.00739. The fourth-order valence-electron chi connectivity index (χ4n) is 3.15. The lowest BCUT2D eigenvalue weighted by Gasteiger charge is -2.08. The molecule has 0 aliphatic carbocycles. The molecule has 1 aromatic heterocycles. The van der Waals surface area contributed by atoms with Gasteiger partial charge in [-0.3, -0.25) is 14.9 Å². The molecule has 0 atom stereocenters. The van der Waals surface area contributed by atoms with E-state index in [2.05, 4.69) is 15.7 Å². The molecule has 2 aromatic carbocycles. The van der Waals surface area contributed by atoms with Gasteiger partial charge in [-0.05, 0) is 76.1 Å². The van der Waals surface area contributed by atoms with Gasteiger partial charge in [0.2, 0.25) is 0 Å². The largest absolute Gasteiger partial charge is 0.450 e. The Morgan fingerprint density at radius 1 is 1.03 bits per heavy atom. The van der Waals surface area contributed by atoms with Crippen molar-refractivity contribution >= 4 is 17.7 Å². The maximum Gasteiger partial charge on any atom is 0.411 e. The highest BCUT2D eigenvalue weighted by Crippen LogP contribution is 2.11. The number of nitrogens with zero attached hydrogens (tertiary/aromatic N) is 2. The molecule has 36 heavy (non-hydrogen) atoms. The number of amides is 2. The molecule has 0 saturated carbocycles. The van der Waals surface area contributed by atoms with Crippen LogP contribution in [0.25, 0.3) is 0 Å². The van der Waals surface area contributed by atoms with Crippen LogP contribution in [0.3, 0.4) is 0 Å². The van der Waals surface area contributed by atoms with Crippen molar-refractivity contribution in [2.24, 2.45) is 5.73 Å². The highest BCUT2D eigenvalue weighted by molar-refractivity contribution is 5.94. The van der Waals surface area contributed by atoms with Gasteiger partial charge >= 0.3 is 6.09 Å². The lowest BCUT2D eigenvalue weighted by atomic mass is 10.1. The Hall–Kier alpha value is -3.98. The van der Waals surface area contributed by atoms with Gasteiger partial charge in [-0.1, -0.05) is 29.8 Å². The topological polar surface area (TPSA) is 128 Å². The number of benzene rings is 2. The van der Waals surface area contributed by atoms with E-state index < -0.39 is 6.09 Å². The predicted molar refractivity (Wildman–Crippen MR) is 141 cm³/mol. The van der Waals surface area contributed by atoms with Crippen LogP contribution in [0, 0.1) is 13.8 Å². The van der Waals surface area contributed by atoms with Gasteiger partial charge in [0.15, 0.2) is 0 Å². The zero-order valence-corrected chi connectivity index (χ0v) is 21.1. The highest BCUT2D eigenvalue weighted by atomic mass is 16.5. The van der Waals surface area contributed by atoms with E-state index in [0.717, 1.165) is 29.7 Å². The van der Waals surface area contributed by atoms with Crippen LogP contribution in [-0.2, 0) is 11.3 Å². The zero-order chi connectivity index (χ0) is 26.3. The summed E-state index contributed by atoms with van der Waals surface area (Å²) in [5, 5.41) is 9.66. The predicted octanol–water partition coefficient (Wildman–Crippen LogP) is 3.63. The minimum Gasteiger partial charge on any atom is -0.450 e. The van der Waals surface area contributed by atoms with Crippen molar-refractivity contribution in [2.75, 3.05) is 25.0 Å². The second-order valence-electron chi connectivity index (χ2n) is 8.13. The summed E-state index contributed by atoms with van der Waals surface area (Å²) in [5.74, 6) is -0.00739. The van der Waals surface area contributed by atoms with Crippen molar-refractivity contribution in [3.05, 3.63) is 93.4 Å². The summed E-state index contributed by atoms with van der Waals surface area (Å²) < 4.78 is 6.21. The first-order valence-corrected chi connectivity index (χ1v) is 11.9. The van der Waals surface area contributed by atoms with E-state index in [1.165, 1.54) is 10.7 Å². The van der Waals surface area contributed by atoms with Crippen molar-refractivity contribution in [2.45, 2.75) is 40.2 Å². The van der Waals surface area contributed by atoms with Crippen LogP contribution in [-0.4, -0.2) is 41.5 Å². The fourth-order valence-corrected chi connectivity index (χ4v) is 3.15. The SMILES string of the molecule is CCOC(=O)Nc1cccc(Cn2nc(C)ccc2=O)c1.Cc1ccc(C(=O)NCCCCN)cc1. The third-order valence-electron chi connectivity index (χ3n) is 5.01. The summed E-state index contributed by atoms with van der Waals surface area (Å²) in [6.07, 6.45) is 1.39. The first-order chi connectivity index (χ1) is 17.3. The molecule has 0 fully saturated rings. The van der Waals surface area contributed by atoms with Crippen molar-refractivity contribution in [1.82, 2.24) is 15.1 Å². The Balaban J connectivity index is 0.000000269. The van der Waals surface area contributed by atoms with Gasteiger partial charge < -0.3 is 15.8 Å². The van der Waals surface area contributed by atoms with Gasteiger partial charge in [0, 0.05) is 23.9 Å². The molecule has 1 heterocycles. The molecular formula is C27H35N5O4. The van der Waals surface area contributed by atoms with E-state index >= 15 is 0 Å². The van der Waals surface area contributed by atoms with E-state index in [1.807, 2.05) is 44.2 Å². The number of ether oxygens (including phenoxy) is 1. The number of nitrogens with one attached hydrogen (secondary N) is 2. The van der Waals surface area contributed by atoms with Gasteiger partial charge in [-0.2, -0.15) is 5.10 Å². The fraction of sp³-hybridized carbons (Fsp3) is 0.333. The molecule has 4 N–H and O–H groups in total. The van der Waals surface area contributed by atoms with Gasteiger partial charge in [-0.25, -0.2) is 9.48 Å². The molecule has 9 heteroatoms. The van der Waals surface area contributed by atoms with Gasteiger partial charge in [-0.15, -0.1) is 0 Å². The van der Waals surface area contributed by atoms with Crippen molar-refractivity contribution in [1.29, 1.82) is 0 Å². The molecule has 0 spiro atoms. The summed E-state index contributed by atoms with van der Waals surface area (Å²) in [4.78, 5) is 34.7. The van der Waals surface area contributed by atoms with Crippen LogP contribution in [0.15, 0.2) is 65.5 Å². The molecule has 192 valence electrons. The molecule has 0 aliphatic heterocycles. The summed E-state index contributed by atoms with van der Waals surface area (Å²) in [6, 6.07) is 17.9. The molecule has 9 nitrogen and oxygen atoms in total. The number of unbranched alkanes of at least 4 members (excludes halogenated alkanes) is 1. The second-order valence-corrected chi connectivity index (χ2v) is 8.13. The monoisotopic (exact) mass is 493 g/mol. The Labute approximate surface area is 211 Å². The van der Waals surface area contributed by atoms with Crippen molar-refractivity contribution < 1.29 is 14.3 Å². The number of rotatable bonds is 9.